The number of nitrogens with zero attached hydrogens (tertiary/aromatic N) is 2. The van der Waals surface area contributed by atoms with Crippen molar-refractivity contribution in [2.24, 2.45) is 0 Å². The Kier molecular flexibility index (Phi) is 6.54. The van der Waals surface area contributed by atoms with Crippen molar-refractivity contribution in [1.82, 2.24) is 15.5 Å². The third-order valence-corrected chi connectivity index (χ3v) is 4.95. The molecule has 1 aliphatic rings. The predicted octanol–water partition coefficient (Wildman–Crippen LogP) is 1.01. The molecule has 0 bridgehead atoms. The lowest BCUT2D eigenvalue weighted by Crippen LogP contribution is -2.50. The Hall–Kier alpha value is -3.00. The summed E-state index contributed by atoms with van der Waals surface area (Å²) >= 11 is 0. The number of amides is 2. The molecule has 1 saturated heterocycles. The maximum Gasteiger partial charge on any atom is 0.309 e. The second kappa shape index (κ2) is 9.27. The van der Waals surface area contributed by atoms with E-state index in [4.69, 9.17) is 9.15 Å². The average molecular weight is 386 g/mol. The fourth-order valence-electron chi connectivity index (χ4n) is 3.36. The number of carbonyl (C=O) groups excluding carboxylic acids is 2. The van der Waals surface area contributed by atoms with Crippen LogP contribution in [-0.2, 0) is 9.59 Å². The summed E-state index contributed by atoms with van der Waals surface area (Å²) in [5.74, 6) is 0.320. The summed E-state index contributed by atoms with van der Waals surface area (Å²) < 4.78 is 10.8. The molecule has 1 aromatic heterocycles. The smallest absolute Gasteiger partial charge is 0.309 e. The minimum Gasteiger partial charge on any atom is -0.497 e. The Morgan fingerprint density at radius 2 is 1.82 bits per heavy atom. The van der Waals surface area contributed by atoms with Crippen LogP contribution in [0.25, 0.3) is 0 Å². The van der Waals surface area contributed by atoms with Crippen LogP contribution in [0.5, 0.6) is 5.75 Å². The summed E-state index contributed by atoms with van der Waals surface area (Å²) in [5.41, 5.74) is 1.16. The van der Waals surface area contributed by atoms with Gasteiger partial charge in [-0.1, -0.05) is 0 Å². The van der Waals surface area contributed by atoms with Crippen LogP contribution in [0.4, 0.5) is 5.69 Å². The number of rotatable bonds is 6. The predicted molar refractivity (Wildman–Crippen MR) is 105 cm³/mol. The highest BCUT2D eigenvalue weighted by molar-refractivity contribution is 6.35. The Balaban J connectivity index is 1.62. The van der Waals surface area contributed by atoms with E-state index in [0.29, 0.717) is 6.54 Å². The van der Waals surface area contributed by atoms with Gasteiger partial charge in [0, 0.05) is 45.5 Å². The number of carbonyl (C=O) groups is 2. The zero-order valence-corrected chi connectivity index (χ0v) is 16.2. The van der Waals surface area contributed by atoms with Gasteiger partial charge in [0.15, 0.2) is 0 Å². The van der Waals surface area contributed by atoms with Gasteiger partial charge in [-0.3, -0.25) is 14.5 Å². The van der Waals surface area contributed by atoms with E-state index < -0.39 is 11.8 Å². The molecule has 2 N–H and O–H groups in total. The maximum atomic E-state index is 11.8. The summed E-state index contributed by atoms with van der Waals surface area (Å²) in [5, 5.41) is 5.03. The van der Waals surface area contributed by atoms with E-state index in [1.165, 1.54) is 7.05 Å². The summed E-state index contributed by atoms with van der Waals surface area (Å²) in [6.07, 6.45) is 1.62. The van der Waals surface area contributed by atoms with Crippen LogP contribution in [0.15, 0.2) is 47.1 Å². The molecule has 150 valence electrons. The Morgan fingerprint density at radius 1 is 1.11 bits per heavy atom. The number of methoxy groups -OCH3 is 1. The first-order valence-corrected chi connectivity index (χ1v) is 9.28. The first-order valence-electron chi connectivity index (χ1n) is 9.28. The average Bonchev–Trinajstić information content (AvgIpc) is 3.28. The quantitative estimate of drug-likeness (QED) is 0.721. The highest BCUT2D eigenvalue weighted by Crippen LogP contribution is 2.25. The SMILES string of the molecule is CNC(=O)C(=O)NCC(c1ccco1)N1CCN(c2ccc(OC)cc2)CC1. The van der Waals surface area contributed by atoms with Crippen LogP contribution in [0.1, 0.15) is 11.8 Å². The summed E-state index contributed by atoms with van der Waals surface area (Å²) in [6, 6.07) is 11.6. The van der Waals surface area contributed by atoms with Crippen LogP contribution in [0.2, 0.25) is 0 Å². The van der Waals surface area contributed by atoms with Crippen molar-refractivity contribution < 1.29 is 18.7 Å². The monoisotopic (exact) mass is 386 g/mol. The van der Waals surface area contributed by atoms with Crippen molar-refractivity contribution in [3.63, 3.8) is 0 Å². The van der Waals surface area contributed by atoms with E-state index in [1.54, 1.807) is 13.4 Å². The topological polar surface area (TPSA) is 87.0 Å². The van der Waals surface area contributed by atoms with Crippen LogP contribution in [-0.4, -0.2) is 63.6 Å². The lowest BCUT2D eigenvalue weighted by molar-refractivity contribution is -0.139. The minimum absolute atomic E-state index is 0.123. The first-order chi connectivity index (χ1) is 13.6. The molecule has 8 heteroatoms. The summed E-state index contributed by atoms with van der Waals surface area (Å²) in [4.78, 5) is 27.9. The van der Waals surface area contributed by atoms with Gasteiger partial charge in [0.1, 0.15) is 11.5 Å². The molecular formula is C20H26N4O4. The molecule has 1 unspecified atom stereocenters. The van der Waals surface area contributed by atoms with Gasteiger partial charge in [-0.05, 0) is 36.4 Å². The van der Waals surface area contributed by atoms with Gasteiger partial charge in [0.25, 0.3) is 0 Å². The van der Waals surface area contributed by atoms with Gasteiger partial charge >= 0.3 is 11.8 Å². The number of benzene rings is 1. The van der Waals surface area contributed by atoms with Crippen LogP contribution in [0, 0.1) is 0 Å². The van der Waals surface area contributed by atoms with E-state index in [1.807, 2.05) is 24.3 Å². The number of furan rings is 1. The summed E-state index contributed by atoms with van der Waals surface area (Å²) in [6.45, 7) is 3.64. The molecule has 2 aromatic rings. The lowest BCUT2D eigenvalue weighted by Gasteiger charge is -2.39. The fourth-order valence-corrected chi connectivity index (χ4v) is 3.36. The highest BCUT2D eigenvalue weighted by atomic mass is 16.5. The molecule has 8 nitrogen and oxygen atoms in total. The highest BCUT2D eigenvalue weighted by Gasteiger charge is 2.28. The van der Waals surface area contributed by atoms with Crippen molar-refractivity contribution in [2.45, 2.75) is 6.04 Å². The Morgan fingerprint density at radius 3 is 2.39 bits per heavy atom. The molecule has 1 fully saturated rings. The second-order valence-corrected chi connectivity index (χ2v) is 6.54. The fraction of sp³-hybridized carbons (Fsp3) is 0.400. The maximum absolute atomic E-state index is 11.8. The van der Waals surface area contributed by atoms with Gasteiger partial charge < -0.3 is 24.7 Å². The number of hydrogen-bond donors (Lipinski definition) is 2. The number of piperazine rings is 1. The third kappa shape index (κ3) is 4.64. The molecular weight excluding hydrogens is 360 g/mol. The van der Waals surface area contributed by atoms with Crippen molar-refractivity contribution in [3.8, 4) is 5.75 Å². The van der Waals surface area contributed by atoms with E-state index in [2.05, 4.69) is 32.6 Å². The number of anilines is 1. The molecule has 2 heterocycles. The largest absolute Gasteiger partial charge is 0.497 e. The van der Waals surface area contributed by atoms with Crippen molar-refractivity contribution >= 4 is 17.5 Å². The van der Waals surface area contributed by atoms with Crippen molar-refractivity contribution in [1.29, 1.82) is 0 Å². The van der Waals surface area contributed by atoms with Crippen molar-refractivity contribution in [3.05, 3.63) is 48.4 Å². The van der Waals surface area contributed by atoms with Crippen LogP contribution >= 0.6 is 0 Å². The van der Waals surface area contributed by atoms with Crippen molar-refractivity contribution in [2.75, 3.05) is 51.8 Å². The molecule has 0 aliphatic carbocycles. The molecule has 1 atom stereocenters. The Labute approximate surface area is 164 Å². The van der Waals surface area contributed by atoms with E-state index in [9.17, 15) is 9.59 Å². The molecule has 0 radical (unpaired) electrons. The Bertz CT molecular complexity index is 768. The third-order valence-electron chi connectivity index (χ3n) is 4.95. The van der Waals surface area contributed by atoms with E-state index in [-0.39, 0.29) is 6.04 Å². The summed E-state index contributed by atoms with van der Waals surface area (Å²) in [7, 11) is 3.09. The van der Waals surface area contributed by atoms with Crippen LogP contribution < -0.4 is 20.3 Å². The number of likely N-dealkylation sites (N-methyl/N-ethyl adjacent to an activating group) is 1. The van der Waals surface area contributed by atoms with Gasteiger partial charge in [0.05, 0.1) is 19.4 Å². The van der Waals surface area contributed by atoms with Gasteiger partial charge in [-0.2, -0.15) is 0 Å². The van der Waals surface area contributed by atoms with Gasteiger partial charge in [-0.15, -0.1) is 0 Å². The molecule has 1 aliphatic heterocycles. The van der Waals surface area contributed by atoms with Gasteiger partial charge in [-0.25, -0.2) is 0 Å². The second-order valence-electron chi connectivity index (χ2n) is 6.54. The molecule has 1 aromatic carbocycles. The lowest BCUT2D eigenvalue weighted by atomic mass is 10.1. The zero-order valence-electron chi connectivity index (χ0n) is 16.2. The number of nitrogens with one attached hydrogen (secondary N) is 2. The molecule has 3 rings (SSSR count). The molecule has 2 amide bonds. The standard InChI is InChI=1S/C20H26N4O4/c1-21-19(25)20(26)22-14-17(18-4-3-13-28-18)24-11-9-23(10-12-24)15-5-7-16(27-2)8-6-15/h3-8,13,17H,9-12,14H2,1-2H3,(H,21,25)(H,22,26). The van der Waals surface area contributed by atoms with Crippen LogP contribution in [0.3, 0.4) is 0 Å². The first kappa shape index (κ1) is 19.8. The molecule has 0 saturated carbocycles. The van der Waals surface area contributed by atoms with Gasteiger partial charge in [0.2, 0.25) is 0 Å². The number of hydrogen-bond acceptors (Lipinski definition) is 6. The number of ether oxygens (including phenoxy) is 1. The molecule has 0 spiro atoms. The zero-order chi connectivity index (χ0) is 19.9. The van der Waals surface area contributed by atoms with E-state index in [0.717, 1.165) is 43.4 Å². The van der Waals surface area contributed by atoms with E-state index >= 15 is 0 Å². The molecule has 28 heavy (non-hydrogen) atoms. The minimum atomic E-state index is -0.650. The normalized spacial score (nSPS) is 15.7.